The third-order valence-electron chi connectivity index (χ3n) is 5.57. The molecule has 0 saturated carbocycles. The van der Waals surface area contributed by atoms with E-state index in [0.29, 0.717) is 18.2 Å². The number of hydrogen-bond donors (Lipinski definition) is 3. The van der Waals surface area contributed by atoms with Gasteiger partial charge in [-0.25, -0.2) is 9.97 Å². The van der Waals surface area contributed by atoms with Gasteiger partial charge in [0.15, 0.2) is 0 Å². The predicted octanol–water partition coefficient (Wildman–Crippen LogP) is 3.82. The highest BCUT2D eigenvalue weighted by Gasteiger charge is 2.21. The first kappa shape index (κ1) is 24.9. The minimum atomic E-state index is -0.505. The number of fused-ring (bicyclic) bond motifs is 1. The third kappa shape index (κ3) is 7.12. The number of rotatable bonds is 12. The summed E-state index contributed by atoms with van der Waals surface area (Å²) < 4.78 is 0. The van der Waals surface area contributed by atoms with E-state index >= 15 is 0 Å². The molecule has 4 N–H and O–H groups in total. The number of aromatic nitrogens is 2. The number of nitrogens with zero attached hydrogens (tertiary/aromatic N) is 3. The van der Waals surface area contributed by atoms with Crippen LogP contribution in [0.5, 0.6) is 0 Å². The molecule has 33 heavy (non-hydrogen) atoms. The van der Waals surface area contributed by atoms with Gasteiger partial charge in [0, 0.05) is 30.0 Å². The van der Waals surface area contributed by atoms with E-state index in [-0.39, 0.29) is 5.92 Å². The first-order chi connectivity index (χ1) is 15.9. The molecule has 176 valence electrons. The molecule has 0 spiro atoms. The number of amides is 1. The normalized spacial score (nSPS) is 12.4. The summed E-state index contributed by atoms with van der Waals surface area (Å²) in [6.07, 6.45) is 0. The molecule has 7 nitrogen and oxygen atoms in total. The number of halogens is 1. The maximum atomic E-state index is 11.9. The van der Waals surface area contributed by atoms with Crippen LogP contribution < -0.4 is 16.4 Å². The van der Waals surface area contributed by atoms with Crippen LogP contribution in [0, 0.1) is 5.92 Å². The van der Waals surface area contributed by atoms with Gasteiger partial charge in [-0.2, -0.15) is 0 Å². The lowest BCUT2D eigenvalue weighted by atomic mass is 10.0. The molecule has 0 aliphatic rings. The van der Waals surface area contributed by atoms with E-state index < -0.39 is 11.9 Å². The lowest BCUT2D eigenvalue weighted by Gasteiger charge is -2.21. The minimum absolute atomic E-state index is 0.0402. The van der Waals surface area contributed by atoms with Crippen molar-refractivity contribution in [1.29, 1.82) is 0 Å². The van der Waals surface area contributed by atoms with Crippen LogP contribution >= 0.6 is 11.6 Å². The summed E-state index contributed by atoms with van der Waals surface area (Å²) in [7, 11) is 0. The zero-order valence-corrected chi connectivity index (χ0v) is 20.3. The molecule has 3 aromatic rings. The van der Waals surface area contributed by atoms with E-state index in [4.69, 9.17) is 22.3 Å². The third-order valence-corrected chi connectivity index (χ3v) is 5.82. The number of benzene rings is 2. The molecule has 0 aliphatic carbocycles. The van der Waals surface area contributed by atoms with Gasteiger partial charge in [-0.05, 0) is 42.3 Å². The van der Waals surface area contributed by atoms with Crippen molar-refractivity contribution in [2.75, 3.05) is 25.0 Å². The Kier molecular flexibility index (Phi) is 9.00. The molecule has 0 unspecified atom stereocenters. The number of carbonyl (C=O) groups is 1. The topological polar surface area (TPSA) is 96.2 Å². The molecule has 1 aromatic heterocycles. The Balaban J connectivity index is 1.63. The van der Waals surface area contributed by atoms with Crippen LogP contribution in [-0.4, -0.2) is 46.5 Å². The SMILES string of the molecule is CCN(CCNCc1nc(N[C@H](C(N)=O)C(C)C)c2ccccc2n1)Cc1ccc(Cl)cc1. The molecule has 0 saturated heterocycles. The predicted molar refractivity (Wildman–Crippen MR) is 135 cm³/mol. The van der Waals surface area contributed by atoms with Crippen LogP contribution in [0.15, 0.2) is 48.5 Å². The Morgan fingerprint density at radius 3 is 2.52 bits per heavy atom. The molecule has 8 heteroatoms. The number of para-hydroxylation sites is 1. The quantitative estimate of drug-likeness (QED) is 0.350. The van der Waals surface area contributed by atoms with E-state index in [2.05, 4.69) is 39.6 Å². The highest BCUT2D eigenvalue weighted by molar-refractivity contribution is 6.30. The summed E-state index contributed by atoms with van der Waals surface area (Å²) in [5, 5.41) is 8.31. The fraction of sp³-hybridized carbons (Fsp3) is 0.400. The van der Waals surface area contributed by atoms with Gasteiger partial charge in [-0.1, -0.05) is 56.6 Å². The van der Waals surface area contributed by atoms with Crippen molar-refractivity contribution in [2.45, 2.75) is 39.9 Å². The van der Waals surface area contributed by atoms with Crippen LogP contribution in [0.1, 0.15) is 32.2 Å². The van der Waals surface area contributed by atoms with Gasteiger partial charge in [0.05, 0.1) is 12.1 Å². The fourth-order valence-corrected chi connectivity index (χ4v) is 3.79. The molecule has 0 fully saturated rings. The van der Waals surface area contributed by atoms with Crippen LogP contribution in [0.3, 0.4) is 0 Å². The number of hydrogen-bond acceptors (Lipinski definition) is 6. The van der Waals surface area contributed by atoms with Gasteiger partial charge in [0.25, 0.3) is 0 Å². The second-order valence-electron chi connectivity index (χ2n) is 8.45. The Bertz CT molecular complexity index is 1060. The van der Waals surface area contributed by atoms with Crippen molar-refractivity contribution in [2.24, 2.45) is 11.7 Å². The number of carbonyl (C=O) groups excluding carboxylic acids is 1. The zero-order chi connectivity index (χ0) is 23.8. The Morgan fingerprint density at radius 1 is 1.12 bits per heavy atom. The van der Waals surface area contributed by atoms with Gasteiger partial charge in [0.2, 0.25) is 5.91 Å². The number of nitrogens with one attached hydrogen (secondary N) is 2. The average Bonchev–Trinajstić information content (AvgIpc) is 2.80. The summed E-state index contributed by atoms with van der Waals surface area (Å²) in [5.41, 5.74) is 7.67. The molecule has 1 heterocycles. The standard InChI is InChI=1S/C25H33ClN6O/c1-4-32(16-18-9-11-19(26)12-10-18)14-13-28-15-22-29-21-8-6-5-7-20(21)25(30-22)31-23(17(2)3)24(27)33/h5-12,17,23,28H,4,13-16H2,1-3H3,(H2,27,33)(H,29,30,31)/t23-/m0/s1. The maximum Gasteiger partial charge on any atom is 0.240 e. The van der Waals surface area contributed by atoms with Crippen LogP contribution in [-0.2, 0) is 17.9 Å². The zero-order valence-electron chi connectivity index (χ0n) is 19.5. The summed E-state index contributed by atoms with van der Waals surface area (Å²) in [4.78, 5) is 23.7. The molecular weight excluding hydrogens is 436 g/mol. The summed E-state index contributed by atoms with van der Waals surface area (Å²) in [6.45, 7) is 10.1. The number of nitrogens with two attached hydrogens (primary N) is 1. The largest absolute Gasteiger partial charge is 0.368 e. The summed E-state index contributed by atoms with van der Waals surface area (Å²) >= 11 is 5.99. The molecule has 0 radical (unpaired) electrons. The highest BCUT2D eigenvalue weighted by Crippen LogP contribution is 2.22. The lowest BCUT2D eigenvalue weighted by Crippen LogP contribution is -2.40. The van der Waals surface area contributed by atoms with E-state index in [1.807, 2.05) is 50.2 Å². The Labute approximate surface area is 200 Å². The number of likely N-dealkylation sites (N-methyl/N-ethyl adjacent to an activating group) is 1. The van der Waals surface area contributed by atoms with E-state index in [1.54, 1.807) is 0 Å². The van der Waals surface area contributed by atoms with Crippen molar-refractivity contribution in [3.63, 3.8) is 0 Å². The smallest absolute Gasteiger partial charge is 0.240 e. The van der Waals surface area contributed by atoms with Gasteiger partial charge >= 0.3 is 0 Å². The second-order valence-corrected chi connectivity index (χ2v) is 8.88. The van der Waals surface area contributed by atoms with E-state index in [9.17, 15) is 4.79 Å². The van der Waals surface area contributed by atoms with Crippen molar-refractivity contribution in [3.05, 3.63) is 64.9 Å². The summed E-state index contributed by atoms with van der Waals surface area (Å²) in [6, 6.07) is 15.2. The number of anilines is 1. The van der Waals surface area contributed by atoms with E-state index in [1.165, 1.54) is 5.56 Å². The lowest BCUT2D eigenvalue weighted by molar-refractivity contribution is -0.119. The highest BCUT2D eigenvalue weighted by atomic mass is 35.5. The Morgan fingerprint density at radius 2 is 1.85 bits per heavy atom. The molecule has 2 aromatic carbocycles. The second kappa shape index (κ2) is 11.9. The van der Waals surface area contributed by atoms with Gasteiger partial charge in [0.1, 0.15) is 17.7 Å². The van der Waals surface area contributed by atoms with Gasteiger partial charge < -0.3 is 16.4 Å². The molecule has 1 atom stereocenters. The molecule has 3 rings (SSSR count). The van der Waals surface area contributed by atoms with Crippen LogP contribution in [0.4, 0.5) is 5.82 Å². The Hall–Kier alpha value is -2.74. The molecule has 0 aliphatic heterocycles. The summed E-state index contributed by atoms with van der Waals surface area (Å²) in [5.74, 6) is 0.947. The molecule has 1 amide bonds. The first-order valence-electron chi connectivity index (χ1n) is 11.4. The first-order valence-corrected chi connectivity index (χ1v) is 11.7. The van der Waals surface area contributed by atoms with Gasteiger partial charge in [-0.3, -0.25) is 9.69 Å². The molecular formula is C25H33ClN6O. The van der Waals surface area contributed by atoms with Gasteiger partial charge in [-0.15, -0.1) is 0 Å². The van der Waals surface area contributed by atoms with Crippen molar-refractivity contribution >= 4 is 34.2 Å². The van der Waals surface area contributed by atoms with Crippen LogP contribution in [0.2, 0.25) is 5.02 Å². The maximum absolute atomic E-state index is 11.9. The minimum Gasteiger partial charge on any atom is -0.368 e. The van der Waals surface area contributed by atoms with Crippen molar-refractivity contribution in [3.8, 4) is 0 Å². The van der Waals surface area contributed by atoms with E-state index in [0.717, 1.165) is 42.1 Å². The van der Waals surface area contributed by atoms with Crippen molar-refractivity contribution in [1.82, 2.24) is 20.2 Å². The monoisotopic (exact) mass is 468 g/mol. The van der Waals surface area contributed by atoms with Crippen molar-refractivity contribution < 1.29 is 4.79 Å². The average molecular weight is 469 g/mol. The van der Waals surface area contributed by atoms with Crippen LogP contribution in [0.25, 0.3) is 10.9 Å². The number of primary amides is 1. The fourth-order valence-electron chi connectivity index (χ4n) is 3.66. The molecule has 0 bridgehead atoms.